The maximum absolute atomic E-state index is 5.41. The third-order valence-corrected chi connectivity index (χ3v) is 3.31. The molecule has 1 heterocycles. The van der Waals surface area contributed by atoms with Crippen LogP contribution in [0.15, 0.2) is 0 Å². The van der Waals surface area contributed by atoms with Crippen LogP contribution >= 0.6 is 0 Å². The molecule has 1 aromatic rings. The van der Waals surface area contributed by atoms with Gasteiger partial charge in [-0.15, -0.1) is 0 Å². The summed E-state index contributed by atoms with van der Waals surface area (Å²) >= 11 is 0. The van der Waals surface area contributed by atoms with Gasteiger partial charge in [0.2, 0.25) is 0 Å². The van der Waals surface area contributed by atoms with Crippen molar-refractivity contribution in [1.29, 1.82) is 0 Å². The Bertz CT molecular complexity index is 377. The fraction of sp³-hybridized carbons (Fsp3) is 0.733. The maximum atomic E-state index is 5.41. The first-order chi connectivity index (χ1) is 8.99. The number of nitrogens with zero attached hydrogens (tertiary/aromatic N) is 2. The van der Waals surface area contributed by atoms with Crippen molar-refractivity contribution in [2.24, 2.45) is 0 Å². The lowest BCUT2D eigenvalue weighted by Crippen LogP contribution is -2.25. The molecular weight excluding hydrogens is 238 g/mol. The lowest BCUT2D eigenvalue weighted by molar-refractivity contribution is 0.0922. The topological polar surface area (TPSA) is 47.0 Å². The van der Waals surface area contributed by atoms with E-state index in [1.54, 1.807) is 7.11 Å². The minimum absolute atomic E-state index is 0.000221. The first-order valence-electron chi connectivity index (χ1n) is 7.09. The molecule has 19 heavy (non-hydrogen) atoms. The van der Waals surface area contributed by atoms with E-state index in [1.807, 2.05) is 0 Å². The average molecular weight is 265 g/mol. The van der Waals surface area contributed by atoms with E-state index >= 15 is 0 Å². The summed E-state index contributed by atoms with van der Waals surface area (Å²) in [4.78, 5) is 9.22. The van der Waals surface area contributed by atoms with Crippen molar-refractivity contribution in [2.45, 2.75) is 59.6 Å². The molecule has 4 nitrogen and oxygen atoms in total. The minimum Gasteiger partial charge on any atom is -0.373 e. The average Bonchev–Trinajstić information content (AvgIpc) is 2.34. The molecule has 0 aliphatic rings. The van der Waals surface area contributed by atoms with Gasteiger partial charge in [0.1, 0.15) is 6.10 Å². The highest BCUT2D eigenvalue weighted by Gasteiger charge is 2.15. The molecule has 1 N–H and O–H groups in total. The molecule has 0 saturated carbocycles. The Labute approximate surface area is 117 Å². The van der Waals surface area contributed by atoms with Gasteiger partial charge in [0, 0.05) is 24.5 Å². The molecule has 1 unspecified atom stereocenters. The number of rotatable bonds is 7. The molecule has 0 saturated heterocycles. The summed E-state index contributed by atoms with van der Waals surface area (Å²) in [5.74, 6) is 0.806. The van der Waals surface area contributed by atoms with Crippen molar-refractivity contribution < 1.29 is 4.74 Å². The number of ether oxygens (including phenoxy) is 1. The zero-order valence-electron chi connectivity index (χ0n) is 13.1. The summed E-state index contributed by atoms with van der Waals surface area (Å²) in [7, 11) is 1.71. The van der Waals surface area contributed by atoms with Crippen LogP contribution in [0.5, 0.6) is 0 Å². The summed E-state index contributed by atoms with van der Waals surface area (Å²) < 4.78 is 5.41. The monoisotopic (exact) mass is 265 g/mol. The zero-order valence-corrected chi connectivity index (χ0v) is 13.1. The number of nitrogens with one attached hydrogen (secondary N) is 1. The van der Waals surface area contributed by atoms with Crippen LogP contribution in [0.2, 0.25) is 0 Å². The molecule has 1 aromatic heterocycles. The fourth-order valence-electron chi connectivity index (χ4n) is 2.21. The highest BCUT2D eigenvalue weighted by atomic mass is 16.5. The van der Waals surface area contributed by atoms with Gasteiger partial charge in [-0.25, -0.2) is 9.97 Å². The van der Waals surface area contributed by atoms with E-state index < -0.39 is 0 Å². The third kappa shape index (κ3) is 4.55. The van der Waals surface area contributed by atoms with Crippen LogP contribution in [0.4, 0.5) is 0 Å². The van der Waals surface area contributed by atoms with Gasteiger partial charge in [-0.2, -0.15) is 0 Å². The van der Waals surface area contributed by atoms with Crippen molar-refractivity contribution in [3.05, 3.63) is 22.8 Å². The SMILES string of the molecule is CCC(OC)c1nc(C)c(CCNC(C)C)c(C)n1. The normalized spacial score (nSPS) is 13.0. The van der Waals surface area contributed by atoms with Gasteiger partial charge in [0.25, 0.3) is 0 Å². The second kappa shape index (κ2) is 7.56. The number of methoxy groups -OCH3 is 1. The fourth-order valence-corrected chi connectivity index (χ4v) is 2.21. The highest BCUT2D eigenvalue weighted by molar-refractivity contribution is 5.25. The van der Waals surface area contributed by atoms with Gasteiger partial charge in [0.05, 0.1) is 0 Å². The van der Waals surface area contributed by atoms with Gasteiger partial charge >= 0.3 is 0 Å². The van der Waals surface area contributed by atoms with Gasteiger partial charge in [-0.3, -0.25) is 0 Å². The molecule has 1 atom stereocenters. The second-order valence-electron chi connectivity index (χ2n) is 5.22. The zero-order chi connectivity index (χ0) is 14.4. The summed E-state index contributed by atoms with van der Waals surface area (Å²) in [5.41, 5.74) is 3.40. The van der Waals surface area contributed by atoms with Crippen LogP contribution in [0, 0.1) is 13.8 Å². The van der Waals surface area contributed by atoms with E-state index in [4.69, 9.17) is 4.74 Å². The minimum atomic E-state index is 0.000221. The number of hydrogen-bond acceptors (Lipinski definition) is 4. The van der Waals surface area contributed by atoms with Crippen molar-refractivity contribution in [2.75, 3.05) is 13.7 Å². The van der Waals surface area contributed by atoms with E-state index in [1.165, 1.54) is 5.56 Å². The van der Waals surface area contributed by atoms with Gasteiger partial charge in [0.15, 0.2) is 5.82 Å². The Balaban J connectivity index is 2.85. The summed E-state index contributed by atoms with van der Waals surface area (Å²) in [6.45, 7) is 11.5. The van der Waals surface area contributed by atoms with Gasteiger partial charge in [-0.1, -0.05) is 20.8 Å². The van der Waals surface area contributed by atoms with Crippen molar-refractivity contribution in [3.8, 4) is 0 Å². The Morgan fingerprint density at radius 3 is 2.16 bits per heavy atom. The third-order valence-electron chi connectivity index (χ3n) is 3.31. The molecule has 0 aliphatic carbocycles. The molecule has 0 amide bonds. The predicted molar refractivity (Wildman–Crippen MR) is 78.4 cm³/mol. The Kier molecular flexibility index (Phi) is 6.38. The Morgan fingerprint density at radius 2 is 1.74 bits per heavy atom. The second-order valence-corrected chi connectivity index (χ2v) is 5.22. The summed E-state index contributed by atoms with van der Waals surface area (Å²) in [5, 5.41) is 3.43. The van der Waals surface area contributed by atoms with E-state index in [-0.39, 0.29) is 6.10 Å². The van der Waals surface area contributed by atoms with Crippen molar-refractivity contribution >= 4 is 0 Å². The predicted octanol–water partition coefficient (Wildman–Crippen LogP) is 2.73. The van der Waals surface area contributed by atoms with E-state index in [0.717, 1.165) is 36.6 Å². The molecule has 4 heteroatoms. The van der Waals surface area contributed by atoms with Crippen LogP contribution in [0.3, 0.4) is 0 Å². The van der Waals surface area contributed by atoms with Crippen LogP contribution in [0.1, 0.15) is 56.1 Å². The van der Waals surface area contributed by atoms with E-state index in [0.29, 0.717) is 6.04 Å². The Morgan fingerprint density at radius 1 is 1.16 bits per heavy atom. The maximum Gasteiger partial charge on any atom is 0.157 e. The van der Waals surface area contributed by atoms with Crippen LogP contribution < -0.4 is 5.32 Å². The smallest absolute Gasteiger partial charge is 0.157 e. The van der Waals surface area contributed by atoms with E-state index in [9.17, 15) is 0 Å². The number of hydrogen-bond donors (Lipinski definition) is 1. The highest BCUT2D eigenvalue weighted by Crippen LogP contribution is 2.19. The molecule has 0 aliphatic heterocycles. The van der Waals surface area contributed by atoms with E-state index in [2.05, 4.69) is 49.9 Å². The van der Waals surface area contributed by atoms with Crippen molar-refractivity contribution in [3.63, 3.8) is 0 Å². The first-order valence-corrected chi connectivity index (χ1v) is 7.09. The lowest BCUT2D eigenvalue weighted by atomic mass is 10.1. The number of aromatic nitrogens is 2. The molecular formula is C15H27N3O. The number of aryl methyl sites for hydroxylation is 2. The molecule has 0 radical (unpaired) electrons. The molecule has 108 valence electrons. The van der Waals surface area contributed by atoms with Crippen LogP contribution in [-0.4, -0.2) is 29.7 Å². The van der Waals surface area contributed by atoms with Crippen LogP contribution in [-0.2, 0) is 11.2 Å². The van der Waals surface area contributed by atoms with Crippen LogP contribution in [0.25, 0.3) is 0 Å². The quantitative estimate of drug-likeness (QED) is 0.823. The standard InChI is InChI=1S/C15H27N3O/c1-7-14(19-6)15-17-11(4)13(12(5)18-15)8-9-16-10(2)3/h10,14,16H,7-9H2,1-6H3. The molecule has 0 bridgehead atoms. The van der Waals surface area contributed by atoms with Gasteiger partial charge in [-0.05, 0) is 38.8 Å². The first kappa shape index (κ1) is 16.1. The molecule has 1 rings (SSSR count). The van der Waals surface area contributed by atoms with Crippen molar-refractivity contribution in [1.82, 2.24) is 15.3 Å². The lowest BCUT2D eigenvalue weighted by Gasteiger charge is -2.16. The molecule has 0 aromatic carbocycles. The summed E-state index contributed by atoms with van der Waals surface area (Å²) in [6.07, 6.45) is 1.86. The Hall–Kier alpha value is -1.00. The van der Waals surface area contributed by atoms with Gasteiger partial charge < -0.3 is 10.1 Å². The summed E-state index contributed by atoms with van der Waals surface area (Å²) in [6, 6.07) is 0.513. The largest absolute Gasteiger partial charge is 0.373 e. The molecule has 0 spiro atoms. The molecule has 0 fully saturated rings.